The number of halogens is 3. The molecule has 0 saturated carbocycles. The SMILES string of the molecule is CC(C)c1c(C(=O)NCC2CCCCN2Cc2ccccc2)cnn1-c1ccc(C(F)(F)F)cn1. The molecule has 1 unspecified atom stereocenters. The van der Waals surface area contributed by atoms with E-state index in [1.807, 2.05) is 32.0 Å². The molecule has 0 bridgehead atoms. The molecule has 1 aromatic carbocycles. The molecule has 3 aromatic rings. The molecule has 1 N–H and O–H groups in total. The second-order valence-electron chi connectivity index (χ2n) is 9.23. The van der Waals surface area contributed by atoms with Crippen molar-refractivity contribution >= 4 is 5.91 Å². The molecule has 9 heteroatoms. The third kappa shape index (κ3) is 5.90. The van der Waals surface area contributed by atoms with E-state index in [4.69, 9.17) is 0 Å². The van der Waals surface area contributed by atoms with Gasteiger partial charge >= 0.3 is 6.18 Å². The van der Waals surface area contributed by atoms with Crippen LogP contribution in [0.4, 0.5) is 13.2 Å². The van der Waals surface area contributed by atoms with Crippen LogP contribution in [0.5, 0.6) is 0 Å². The molecule has 1 atom stereocenters. The van der Waals surface area contributed by atoms with Gasteiger partial charge in [-0.3, -0.25) is 9.69 Å². The first-order valence-corrected chi connectivity index (χ1v) is 11.9. The van der Waals surface area contributed by atoms with Crippen LogP contribution in [0.15, 0.2) is 54.9 Å². The zero-order chi connectivity index (χ0) is 25.0. The number of carbonyl (C=O) groups is 1. The zero-order valence-corrected chi connectivity index (χ0v) is 19.9. The predicted molar refractivity (Wildman–Crippen MR) is 127 cm³/mol. The zero-order valence-electron chi connectivity index (χ0n) is 19.9. The van der Waals surface area contributed by atoms with Crippen LogP contribution in [0.25, 0.3) is 5.82 Å². The summed E-state index contributed by atoms with van der Waals surface area (Å²) in [4.78, 5) is 19.5. The van der Waals surface area contributed by atoms with Gasteiger partial charge in [-0.15, -0.1) is 0 Å². The summed E-state index contributed by atoms with van der Waals surface area (Å²) in [6.07, 6.45) is 1.06. The van der Waals surface area contributed by atoms with E-state index in [1.54, 1.807) is 0 Å². The standard InChI is InChI=1S/C26H30F3N5O/c1-18(2)24-22(16-32-34(24)23-12-11-20(14-30-23)26(27,28)29)25(35)31-15-21-10-6-7-13-33(21)17-19-8-4-3-5-9-19/h3-5,8-9,11-12,14,16,18,21H,6-7,10,13,15,17H2,1-2H3,(H,31,35). The first-order valence-electron chi connectivity index (χ1n) is 11.9. The molecule has 186 valence electrons. The molecular formula is C26H30F3N5O. The quantitative estimate of drug-likeness (QED) is 0.500. The third-order valence-electron chi connectivity index (χ3n) is 6.37. The Hall–Kier alpha value is -3.20. The van der Waals surface area contributed by atoms with Gasteiger partial charge in [0.2, 0.25) is 0 Å². The number of benzene rings is 1. The maximum Gasteiger partial charge on any atom is 0.417 e. The Balaban J connectivity index is 1.48. The number of rotatable bonds is 7. The van der Waals surface area contributed by atoms with Gasteiger partial charge in [0.25, 0.3) is 5.91 Å². The second kappa shape index (κ2) is 10.6. The Bertz CT molecular complexity index is 1130. The van der Waals surface area contributed by atoms with E-state index in [-0.39, 0.29) is 23.7 Å². The first-order chi connectivity index (χ1) is 16.7. The van der Waals surface area contributed by atoms with Crippen LogP contribution in [0.3, 0.4) is 0 Å². The summed E-state index contributed by atoms with van der Waals surface area (Å²) in [5, 5.41) is 7.36. The highest BCUT2D eigenvalue weighted by molar-refractivity contribution is 5.95. The summed E-state index contributed by atoms with van der Waals surface area (Å²) in [6.45, 7) is 6.18. The second-order valence-corrected chi connectivity index (χ2v) is 9.23. The monoisotopic (exact) mass is 485 g/mol. The van der Waals surface area contributed by atoms with Gasteiger partial charge < -0.3 is 5.32 Å². The van der Waals surface area contributed by atoms with Gasteiger partial charge in [-0.05, 0) is 43.0 Å². The lowest BCUT2D eigenvalue weighted by Crippen LogP contribution is -2.46. The van der Waals surface area contributed by atoms with Gasteiger partial charge in [-0.2, -0.15) is 18.3 Å². The Labute approximate surface area is 203 Å². The molecule has 3 heterocycles. The van der Waals surface area contributed by atoms with E-state index >= 15 is 0 Å². The Morgan fingerprint density at radius 2 is 1.89 bits per heavy atom. The van der Waals surface area contributed by atoms with Gasteiger partial charge in [0.15, 0.2) is 5.82 Å². The van der Waals surface area contributed by atoms with Crippen LogP contribution in [-0.4, -0.2) is 44.7 Å². The van der Waals surface area contributed by atoms with Gasteiger partial charge in [-0.25, -0.2) is 9.67 Å². The number of hydrogen-bond acceptors (Lipinski definition) is 4. The van der Waals surface area contributed by atoms with E-state index in [9.17, 15) is 18.0 Å². The van der Waals surface area contributed by atoms with Crippen molar-refractivity contribution < 1.29 is 18.0 Å². The van der Waals surface area contributed by atoms with Crippen molar-refractivity contribution in [2.24, 2.45) is 0 Å². The number of carbonyl (C=O) groups excluding carboxylic acids is 1. The maximum atomic E-state index is 13.2. The number of piperidine rings is 1. The van der Waals surface area contributed by atoms with Crippen molar-refractivity contribution in [2.45, 2.75) is 57.8 Å². The van der Waals surface area contributed by atoms with Crippen molar-refractivity contribution in [2.75, 3.05) is 13.1 Å². The van der Waals surface area contributed by atoms with Crippen molar-refractivity contribution in [3.63, 3.8) is 0 Å². The molecule has 35 heavy (non-hydrogen) atoms. The highest BCUT2D eigenvalue weighted by atomic mass is 19.4. The average Bonchev–Trinajstić information content (AvgIpc) is 3.29. The van der Waals surface area contributed by atoms with Crippen molar-refractivity contribution in [1.82, 2.24) is 25.0 Å². The number of likely N-dealkylation sites (tertiary alicyclic amines) is 1. The number of alkyl halides is 3. The fourth-order valence-electron chi connectivity index (χ4n) is 4.57. The highest BCUT2D eigenvalue weighted by Crippen LogP contribution is 2.29. The highest BCUT2D eigenvalue weighted by Gasteiger charge is 2.31. The molecule has 1 fully saturated rings. The molecule has 0 spiro atoms. The number of aromatic nitrogens is 3. The molecule has 2 aromatic heterocycles. The molecule has 0 radical (unpaired) electrons. The average molecular weight is 486 g/mol. The van der Waals surface area contributed by atoms with E-state index in [0.717, 1.165) is 44.6 Å². The van der Waals surface area contributed by atoms with E-state index in [1.165, 1.54) is 22.5 Å². The Morgan fingerprint density at radius 1 is 1.11 bits per heavy atom. The Kier molecular flexibility index (Phi) is 7.54. The number of amides is 1. The van der Waals surface area contributed by atoms with Crippen LogP contribution < -0.4 is 5.32 Å². The molecule has 0 aliphatic carbocycles. The summed E-state index contributed by atoms with van der Waals surface area (Å²) >= 11 is 0. The summed E-state index contributed by atoms with van der Waals surface area (Å²) in [7, 11) is 0. The summed E-state index contributed by atoms with van der Waals surface area (Å²) in [5.74, 6) is -0.0919. The molecule has 1 aliphatic rings. The molecule has 1 aliphatic heterocycles. The largest absolute Gasteiger partial charge is 0.417 e. The molecule has 1 saturated heterocycles. The molecular weight excluding hydrogens is 455 g/mol. The van der Waals surface area contributed by atoms with Crippen LogP contribution in [0, 0.1) is 0 Å². The normalized spacial score (nSPS) is 17.0. The lowest BCUT2D eigenvalue weighted by Gasteiger charge is -2.36. The van der Waals surface area contributed by atoms with E-state index in [2.05, 4.69) is 32.4 Å². The van der Waals surface area contributed by atoms with Gasteiger partial charge in [-0.1, -0.05) is 50.6 Å². The minimum Gasteiger partial charge on any atom is -0.350 e. The minimum absolute atomic E-state index is 0.0911. The van der Waals surface area contributed by atoms with Crippen molar-refractivity contribution in [3.05, 3.63) is 77.2 Å². The van der Waals surface area contributed by atoms with Gasteiger partial charge in [0.1, 0.15) is 0 Å². The first kappa shape index (κ1) is 24.9. The number of nitrogens with zero attached hydrogens (tertiary/aromatic N) is 4. The third-order valence-corrected chi connectivity index (χ3v) is 6.37. The van der Waals surface area contributed by atoms with Gasteiger partial charge in [0, 0.05) is 25.3 Å². The van der Waals surface area contributed by atoms with Crippen molar-refractivity contribution in [3.8, 4) is 5.82 Å². The number of hydrogen-bond donors (Lipinski definition) is 1. The minimum atomic E-state index is -4.46. The van der Waals surface area contributed by atoms with E-state index < -0.39 is 11.7 Å². The van der Waals surface area contributed by atoms with Crippen LogP contribution >= 0.6 is 0 Å². The predicted octanol–water partition coefficient (Wildman–Crippen LogP) is 5.19. The molecule has 1 amide bonds. The Morgan fingerprint density at radius 3 is 2.54 bits per heavy atom. The number of pyridine rings is 1. The fourth-order valence-corrected chi connectivity index (χ4v) is 4.57. The maximum absolute atomic E-state index is 13.2. The smallest absolute Gasteiger partial charge is 0.350 e. The summed E-state index contributed by atoms with van der Waals surface area (Å²) < 4.78 is 40.2. The summed E-state index contributed by atoms with van der Waals surface area (Å²) in [6, 6.07) is 12.8. The molecule has 4 rings (SSSR count). The summed E-state index contributed by atoms with van der Waals surface area (Å²) in [5.41, 5.74) is 1.44. The van der Waals surface area contributed by atoms with Gasteiger partial charge in [0.05, 0.1) is 23.0 Å². The van der Waals surface area contributed by atoms with E-state index in [0.29, 0.717) is 17.8 Å². The van der Waals surface area contributed by atoms with Crippen LogP contribution in [0.2, 0.25) is 0 Å². The number of nitrogens with one attached hydrogen (secondary N) is 1. The fraction of sp³-hybridized carbons (Fsp3) is 0.423. The lowest BCUT2D eigenvalue weighted by molar-refractivity contribution is -0.137. The molecule has 6 nitrogen and oxygen atoms in total. The lowest BCUT2D eigenvalue weighted by atomic mass is 10.0. The topological polar surface area (TPSA) is 63.1 Å². The van der Waals surface area contributed by atoms with Crippen molar-refractivity contribution in [1.29, 1.82) is 0 Å². The van der Waals surface area contributed by atoms with Crippen LogP contribution in [0.1, 0.15) is 66.2 Å². The van der Waals surface area contributed by atoms with Crippen LogP contribution in [-0.2, 0) is 12.7 Å².